The first-order chi connectivity index (χ1) is 12.0. The molecule has 2 aromatic carbocycles. The lowest BCUT2D eigenvalue weighted by Gasteiger charge is -2.18. The summed E-state index contributed by atoms with van der Waals surface area (Å²) in [7, 11) is 3.67. The first-order valence-electron chi connectivity index (χ1n) is 8.00. The zero-order valence-electron chi connectivity index (χ0n) is 14.5. The van der Waals surface area contributed by atoms with E-state index in [0.29, 0.717) is 17.2 Å². The van der Waals surface area contributed by atoms with E-state index in [1.165, 1.54) is 6.07 Å². The smallest absolute Gasteiger partial charge is 0.336 e. The van der Waals surface area contributed by atoms with Crippen LogP contribution < -0.4 is 10.4 Å². The summed E-state index contributed by atoms with van der Waals surface area (Å²) in [6, 6.07) is 13.2. The quantitative estimate of drug-likeness (QED) is 0.635. The van der Waals surface area contributed by atoms with Crippen LogP contribution in [0.15, 0.2) is 51.7 Å². The van der Waals surface area contributed by atoms with Crippen molar-refractivity contribution in [1.29, 1.82) is 0 Å². The van der Waals surface area contributed by atoms with Gasteiger partial charge in [-0.05, 0) is 54.9 Å². The van der Waals surface area contributed by atoms with Crippen LogP contribution in [0.4, 0.5) is 0 Å². The molecule has 130 valence electrons. The maximum atomic E-state index is 11.9. The normalized spacial score (nSPS) is 11.2. The minimum Gasteiger partial charge on any atom is -0.497 e. The van der Waals surface area contributed by atoms with E-state index in [4.69, 9.17) is 20.8 Å². The van der Waals surface area contributed by atoms with Crippen molar-refractivity contribution in [3.63, 3.8) is 0 Å². The lowest BCUT2D eigenvalue weighted by Crippen LogP contribution is -2.18. The standard InChI is InChI=1S/C20H20ClNO3/c1-13-7-19-17(10-18(13)21)15(9-20(23)25-19)12-22(2)11-14-5-4-6-16(8-14)24-3/h4-10H,11-12H2,1-3H3. The van der Waals surface area contributed by atoms with E-state index >= 15 is 0 Å². The Morgan fingerprint density at radius 3 is 2.72 bits per heavy atom. The van der Waals surface area contributed by atoms with Gasteiger partial charge in [-0.3, -0.25) is 4.90 Å². The third-order valence-corrected chi connectivity index (χ3v) is 4.54. The average molecular weight is 358 g/mol. The van der Waals surface area contributed by atoms with Crippen molar-refractivity contribution < 1.29 is 9.15 Å². The molecule has 0 unspecified atom stereocenters. The summed E-state index contributed by atoms with van der Waals surface area (Å²) in [6.45, 7) is 3.24. The van der Waals surface area contributed by atoms with Crippen molar-refractivity contribution in [2.45, 2.75) is 20.0 Å². The molecule has 5 heteroatoms. The van der Waals surface area contributed by atoms with E-state index in [1.807, 2.05) is 44.3 Å². The number of fused-ring (bicyclic) bond motifs is 1. The molecule has 1 aromatic heterocycles. The number of ether oxygens (including phenoxy) is 1. The first kappa shape index (κ1) is 17.5. The highest BCUT2D eigenvalue weighted by Gasteiger charge is 2.11. The molecule has 0 radical (unpaired) electrons. The van der Waals surface area contributed by atoms with Gasteiger partial charge in [-0.1, -0.05) is 23.7 Å². The molecule has 0 fully saturated rings. The van der Waals surface area contributed by atoms with Crippen molar-refractivity contribution in [3.8, 4) is 5.75 Å². The van der Waals surface area contributed by atoms with Crippen LogP contribution in [-0.4, -0.2) is 19.1 Å². The molecular formula is C20H20ClNO3. The number of benzene rings is 2. The number of rotatable bonds is 5. The molecule has 0 amide bonds. The van der Waals surface area contributed by atoms with Crippen LogP contribution >= 0.6 is 11.6 Å². The molecule has 25 heavy (non-hydrogen) atoms. The predicted octanol–water partition coefficient (Wildman–Crippen LogP) is 4.40. The van der Waals surface area contributed by atoms with Gasteiger partial charge >= 0.3 is 5.63 Å². The summed E-state index contributed by atoms with van der Waals surface area (Å²) in [4.78, 5) is 14.0. The van der Waals surface area contributed by atoms with Crippen LogP contribution in [-0.2, 0) is 13.1 Å². The summed E-state index contributed by atoms with van der Waals surface area (Å²) in [6.07, 6.45) is 0. The van der Waals surface area contributed by atoms with Gasteiger partial charge in [-0.25, -0.2) is 4.79 Å². The molecule has 4 nitrogen and oxygen atoms in total. The fourth-order valence-electron chi connectivity index (χ4n) is 2.91. The largest absolute Gasteiger partial charge is 0.497 e. The molecule has 0 spiro atoms. The predicted molar refractivity (Wildman–Crippen MR) is 100 cm³/mol. The Labute approximate surface area is 151 Å². The molecule has 0 aliphatic rings. The van der Waals surface area contributed by atoms with Crippen LogP contribution in [0.25, 0.3) is 11.0 Å². The molecule has 0 N–H and O–H groups in total. The van der Waals surface area contributed by atoms with Crippen molar-refractivity contribution in [2.24, 2.45) is 0 Å². The number of methoxy groups -OCH3 is 1. The van der Waals surface area contributed by atoms with Crippen LogP contribution in [0.5, 0.6) is 5.75 Å². The van der Waals surface area contributed by atoms with E-state index in [-0.39, 0.29) is 5.63 Å². The van der Waals surface area contributed by atoms with E-state index in [2.05, 4.69) is 11.0 Å². The van der Waals surface area contributed by atoms with Crippen LogP contribution in [0.2, 0.25) is 5.02 Å². The highest BCUT2D eigenvalue weighted by molar-refractivity contribution is 6.32. The molecule has 3 rings (SSSR count). The van der Waals surface area contributed by atoms with Gasteiger partial charge in [0.05, 0.1) is 7.11 Å². The van der Waals surface area contributed by atoms with Crippen molar-refractivity contribution in [1.82, 2.24) is 4.90 Å². The number of hydrogen-bond acceptors (Lipinski definition) is 4. The molecule has 0 aliphatic carbocycles. The Morgan fingerprint density at radius 2 is 1.96 bits per heavy atom. The molecule has 0 aliphatic heterocycles. The second kappa shape index (κ2) is 7.30. The first-order valence-corrected chi connectivity index (χ1v) is 8.38. The zero-order chi connectivity index (χ0) is 18.0. The molecule has 0 bridgehead atoms. The van der Waals surface area contributed by atoms with Gasteiger partial charge in [0.2, 0.25) is 0 Å². The van der Waals surface area contributed by atoms with Gasteiger partial charge in [-0.15, -0.1) is 0 Å². The third kappa shape index (κ3) is 4.03. The molecule has 3 aromatic rings. The van der Waals surface area contributed by atoms with Gasteiger partial charge in [0, 0.05) is 29.6 Å². The number of aryl methyl sites for hydroxylation is 1. The highest BCUT2D eigenvalue weighted by atomic mass is 35.5. The van der Waals surface area contributed by atoms with Crippen LogP contribution in [0.1, 0.15) is 16.7 Å². The Hall–Kier alpha value is -2.30. The Bertz CT molecular complexity index is 965. The molecule has 0 atom stereocenters. The van der Waals surface area contributed by atoms with Crippen molar-refractivity contribution in [2.75, 3.05) is 14.2 Å². The second-order valence-electron chi connectivity index (χ2n) is 6.21. The lowest BCUT2D eigenvalue weighted by molar-refractivity contribution is 0.318. The van der Waals surface area contributed by atoms with E-state index in [0.717, 1.165) is 34.4 Å². The van der Waals surface area contributed by atoms with E-state index in [1.54, 1.807) is 7.11 Å². The molecule has 0 saturated heterocycles. The summed E-state index contributed by atoms with van der Waals surface area (Å²) < 4.78 is 10.6. The Balaban J connectivity index is 1.88. The summed E-state index contributed by atoms with van der Waals surface area (Å²) >= 11 is 6.25. The van der Waals surface area contributed by atoms with Crippen molar-refractivity contribution in [3.05, 3.63) is 74.6 Å². The number of halogens is 1. The van der Waals surface area contributed by atoms with E-state index < -0.39 is 0 Å². The maximum absolute atomic E-state index is 11.9. The molecule has 1 heterocycles. The monoisotopic (exact) mass is 357 g/mol. The zero-order valence-corrected chi connectivity index (χ0v) is 15.3. The summed E-state index contributed by atoms with van der Waals surface area (Å²) in [5, 5.41) is 1.53. The average Bonchev–Trinajstić information content (AvgIpc) is 2.56. The topological polar surface area (TPSA) is 42.7 Å². The SMILES string of the molecule is COc1cccc(CN(C)Cc2cc(=O)oc3cc(C)c(Cl)cc23)c1. The summed E-state index contributed by atoms with van der Waals surface area (Å²) in [5.74, 6) is 0.832. The fourth-order valence-corrected chi connectivity index (χ4v) is 3.07. The van der Waals surface area contributed by atoms with Gasteiger partial charge in [0.25, 0.3) is 0 Å². The Morgan fingerprint density at radius 1 is 1.16 bits per heavy atom. The van der Waals surface area contributed by atoms with Crippen LogP contribution in [0.3, 0.4) is 0 Å². The second-order valence-corrected chi connectivity index (χ2v) is 6.62. The molecular weight excluding hydrogens is 338 g/mol. The number of hydrogen-bond donors (Lipinski definition) is 0. The van der Waals surface area contributed by atoms with Gasteiger partial charge in [0.1, 0.15) is 11.3 Å². The minimum atomic E-state index is -0.348. The lowest BCUT2D eigenvalue weighted by atomic mass is 10.1. The minimum absolute atomic E-state index is 0.348. The van der Waals surface area contributed by atoms with Crippen molar-refractivity contribution >= 4 is 22.6 Å². The van der Waals surface area contributed by atoms with Gasteiger partial charge in [0.15, 0.2) is 0 Å². The maximum Gasteiger partial charge on any atom is 0.336 e. The Kier molecular flexibility index (Phi) is 5.11. The molecule has 0 saturated carbocycles. The van der Waals surface area contributed by atoms with Gasteiger partial charge in [-0.2, -0.15) is 0 Å². The highest BCUT2D eigenvalue weighted by Crippen LogP contribution is 2.26. The van der Waals surface area contributed by atoms with Crippen LogP contribution in [0, 0.1) is 6.92 Å². The third-order valence-electron chi connectivity index (χ3n) is 4.14. The van der Waals surface area contributed by atoms with Gasteiger partial charge < -0.3 is 9.15 Å². The number of nitrogens with zero attached hydrogens (tertiary/aromatic N) is 1. The summed E-state index contributed by atoms with van der Waals surface area (Å²) in [5.41, 5.74) is 3.15. The fraction of sp³-hybridized carbons (Fsp3) is 0.250. The van der Waals surface area contributed by atoms with E-state index in [9.17, 15) is 4.79 Å².